The molecule has 0 aliphatic carbocycles. The van der Waals surface area contributed by atoms with Gasteiger partial charge >= 0.3 is 0 Å². The summed E-state index contributed by atoms with van der Waals surface area (Å²) in [6, 6.07) is 5.09. The molecule has 1 aromatic heterocycles. The van der Waals surface area contributed by atoms with Crippen LogP contribution in [-0.4, -0.2) is 41.3 Å². The van der Waals surface area contributed by atoms with Gasteiger partial charge in [0.25, 0.3) is 5.91 Å². The number of aromatic nitrogens is 1. The van der Waals surface area contributed by atoms with Crippen LogP contribution in [-0.2, 0) is 4.79 Å². The Morgan fingerprint density at radius 3 is 2.88 bits per heavy atom. The van der Waals surface area contributed by atoms with Crippen molar-refractivity contribution >= 4 is 46.4 Å². The minimum Gasteiger partial charge on any atom is -0.347 e. The Bertz CT molecular complexity index is 793. The van der Waals surface area contributed by atoms with Crippen molar-refractivity contribution in [2.45, 2.75) is 18.9 Å². The van der Waals surface area contributed by atoms with Gasteiger partial charge in [0.15, 0.2) is 0 Å². The van der Waals surface area contributed by atoms with Crippen LogP contribution in [0, 0.1) is 0 Å². The summed E-state index contributed by atoms with van der Waals surface area (Å²) in [7, 11) is 1.77. The maximum atomic E-state index is 12.3. The minimum absolute atomic E-state index is 0.0429. The van der Waals surface area contributed by atoms with E-state index in [0.29, 0.717) is 33.7 Å². The Morgan fingerprint density at radius 1 is 1.38 bits per heavy atom. The molecular formula is C16H15Cl2N3O2S. The van der Waals surface area contributed by atoms with E-state index in [0.717, 1.165) is 12.0 Å². The summed E-state index contributed by atoms with van der Waals surface area (Å²) in [6.07, 6.45) is 1.07. The Morgan fingerprint density at radius 2 is 2.17 bits per heavy atom. The van der Waals surface area contributed by atoms with Crippen molar-refractivity contribution in [2.75, 3.05) is 13.6 Å². The van der Waals surface area contributed by atoms with Crippen molar-refractivity contribution in [2.24, 2.45) is 0 Å². The van der Waals surface area contributed by atoms with Crippen molar-refractivity contribution in [1.29, 1.82) is 0 Å². The Kier molecular flexibility index (Phi) is 5.08. The molecule has 2 aromatic rings. The molecule has 1 aliphatic heterocycles. The lowest BCUT2D eigenvalue weighted by Crippen LogP contribution is -2.46. The van der Waals surface area contributed by atoms with Crippen molar-refractivity contribution < 1.29 is 9.59 Å². The summed E-state index contributed by atoms with van der Waals surface area (Å²) in [6.45, 7) is 0.648. The second-order valence-corrected chi connectivity index (χ2v) is 7.32. The normalized spacial score (nSPS) is 17.9. The molecule has 1 unspecified atom stereocenters. The zero-order chi connectivity index (χ0) is 17.3. The van der Waals surface area contributed by atoms with Crippen molar-refractivity contribution in [3.8, 4) is 10.6 Å². The molecule has 1 aromatic carbocycles. The molecule has 1 aliphatic rings. The van der Waals surface area contributed by atoms with E-state index in [9.17, 15) is 9.59 Å². The highest BCUT2D eigenvalue weighted by Crippen LogP contribution is 2.30. The third-order valence-electron chi connectivity index (χ3n) is 3.90. The maximum absolute atomic E-state index is 12.3. The smallest absolute Gasteiger partial charge is 0.271 e. The largest absolute Gasteiger partial charge is 0.347 e. The number of hydrogen-bond acceptors (Lipinski definition) is 4. The number of carbonyl (C=O) groups excluding carboxylic acids is 2. The lowest BCUT2D eigenvalue weighted by molar-refractivity contribution is -0.132. The fourth-order valence-corrected chi connectivity index (χ4v) is 3.56. The summed E-state index contributed by atoms with van der Waals surface area (Å²) >= 11 is 13.3. The van der Waals surface area contributed by atoms with E-state index in [2.05, 4.69) is 10.3 Å². The monoisotopic (exact) mass is 383 g/mol. The van der Waals surface area contributed by atoms with Gasteiger partial charge in [0.2, 0.25) is 5.91 Å². The number of halogens is 2. The molecule has 5 nitrogen and oxygen atoms in total. The summed E-state index contributed by atoms with van der Waals surface area (Å²) in [4.78, 5) is 30.1. The van der Waals surface area contributed by atoms with E-state index in [1.54, 1.807) is 29.5 Å². The second-order valence-electron chi connectivity index (χ2n) is 5.65. The molecule has 1 fully saturated rings. The van der Waals surface area contributed by atoms with Gasteiger partial charge in [-0.05, 0) is 18.6 Å². The van der Waals surface area contributed by atoms with E-state index in [4.69, 9.17) is 23.2 Å². The van der Waals surface area contributed by atoms with Gasteiger partial charge < -0.3 is 10.2 Å². The van der Waals surface area contributed by atoms with E-state index in [1.165, 1.54) is 11.3 Å². The molecule has 2 heterocycles. The Balaban J connectivity index is 1.69. The highest BCUT2D eigenvalue weighted by atomic mass is 35.5. The number of likely N-dealkylation sites (tertiary alicyclic amines) is 1. The van der Waals surface area contributed by atoms with Gasteiger partial charge in [0.05, 0.1) is 10.0 Å². The Labute approximate surface area is 153 Å². The molecule has 3 rings (SSSR count). The van der Waals surface area contributed by atoms with Crippen LogP contribution in [0.2, 0.25) is 10.0 Å². The number of nitrogens with zero attached hydrogens (tertiary/aromatic N) is 2. The number of amides is 2. The number of hydrogen-bond donors (Lipinski definition) is 1. The molecule has 1 atom stereocenters. The quantitative estimate of drug-likeness (QED) is 0.882. The average molecular weight is 384 g/mol. The molecular weight excluding hydrogens is 369 g/mol. The summed E-state index contributed by atoms with van der Waals surface area (Å²) < 4.78 is 0. The van der Waals surface area contributed by atoms with Crippen molar-refractivity contribution in [1.82, 2.24) is 15.2 Å². The van der Waals surface area contributed by atoms with E-state index in [1.807, 2.05) is 6.07 Å². The Hall–Kier alpha value is -1.63. The number of piperidine rings is 1. The molecule has 1 N–H and O–H groups in total. The van der Waals surface area contributed by atoms with Crippen LogP contribution in [0.25, 0.3) is 10.6 Å². The summed E-state index contributed by atoms with van der Waals surface area (Å²) in [5.41, 5.74) is 1.15. The van der Waals surface area contributed by atoms with Gasteiger partial charge in [0, 0.05) is 37.0 Å². The summed E-state index contributed by atoms with van der Waals surface area (Å²) in [5, 5.41) is 6.19. The van der Waals surface area contributed by atoms with Gasteiger partial charge in [-0.25, -0.2) is 4.98 Å². The van der Waals surface area contributed by atoms with E-state index >= 15 is 0 Å². The molecule has 1 saturated heterocycles. The number of thiazole rings is 1. The van der Waals surface area contributed by atoms with Gasteiger partial charge in [-0.3, -0.25) is 9.59 Å². The number of rotatable bonds is 3. The van der Waals surface area contributed by atoms with E-state index < -0.39 is 0 Å². The number of carbonyl (C=O) groups is 2. The molecule has 8 heteroatoms. The first-order valence-corrected chi connectivity index (χ1v) is 9.03. The van der Waals surface area contributed by atoms with E-state index in [-0.39, 0.29) is 17.9 Å². The molecule has 0 spiro atoms. The standard InChI is InChI=1S/C16H15Cl2N3O2S/c1-21-5-4-10(7-14(21)22)19-15(23)13-8-24-16(20-13)9-2-3-11(17)12(18)6-9/h2-3,6,8,10H,4-5,7H2,1H3,(H,19,23). The van der Waals surface area contributed by atoms with Gasteiger partial charge in [0.1, 0.15) is 10.7 Å². The highest BCUT2D eigenvalue weighted by molar-refractivity contribution is 7.13. The van der Waals surface area contributed by atoms with Crippen LogP contribution in [0.3, 0.4) is 0 Å². The zero-order valence-corrected chi connectivity index (χ0v) is 15.2. The number of nitrogens with one attached hydrogen (secondary N) is 1. The van der Waals surface area contributed by atoms with Crippen LogP contribution in [0.5, 0.6) is 0 Å². The van der Waals surface area contributed by atoms with Crippen LogP contribution in [0.15, 0.2) is 23.6 Å². The molecule has 0 radical (unpaired) electrons. The third kappa shape index (κ3) is 3.71. The second kappa shape index (κ2) is 7.09. The lowest BCUT2D eigenvalue weighted by Gasteiger charge is -2.29. The zero-order valence-electron chi connectivity index (χ0n) is 12.9. The van der Waals surface area contributed by atoms with Gasteiger partial charge in [-0.2, -0.15) is 0 Å². The summed E-state index contributed by atoms with van der Waals surface area (Å²) in [5.74, 6) is -0.221. The van der Waals surface area contributed by atoms with Crippen molar-refractivity contribution in [3.05, 3.63) is 39.3 Å². The maximum Gasteiger partial charge on any atom is 0.271 e. The first kappa shape index (κ1) is 17.2. The van der Waals surface area contributed by atoms with Crippen LogP contribution in [0.4, 0.5) is 0 Å². The first-order valence-electron chi connectivity index (χ1n) is 7.40. The highest BCUT2D eigenvalue weighted by Gasteiger charge is 2.25. The average Bonchev–Trinajstić information content (AvgIpc) is 3.04. The third-order valence-corrected chi connectivity index (χ3v) is 5.53. The predicted molar refractivity (Wildman–Crippen MR) is 95.7 cm³/mol. The van der Waals surface area contributed by atoms with Gasteiger partial charge in [-0.15, -0.1) is 11.3 Å². The molecule has 0 bridgehead atoms. The molecule has 2 amide bonds. The van der Waals surface area contributed by atoms with Crippen LogP contribution < -0.4 is 5.32 Å². The fraction of sp³-hybridized carbons (Fsp3) is 0.312. The predicted octanol–water partition coefficient (Wildman–Crippen LogP) is 3.47. The SMILES string of the molecule is CN1CCC(NC(=O)c2csc(-c3ccc(Cl)c(Cl)c3)n2)CC1=O. The van der Waals surface area contributed by atoms with Crippen LogP contribution in [0.1, 0.15) is 23.3 Å². The van der Waals surface area contributed by atoms with Crippen molar-refractivity contribution in [3.63, 3.8) is 0 Å². The lowest BCUT2D eigenvalue weighted by atomic mass is 10.0. The molecule has 0 saturated carbocycles. The molecule has 126 valence electrons. The topological polar surface area (TPSA) is 62.3 Å². The van der Waals surface area contributed by atoms with Gasteiger partial charge in [-0.1, -0.05) is 29.3 Å². The minimum atomic E-state index is -0.264. The first-order chi connectivity index (χ1) is 11.4. The van der Waals surface area contributed by atoms with Crippen LogP contribution >= 0.6 is 34.5 Å². The molecule has 24 heavy (non-hydrogen) atoms. The number of benzene rings is 1. The fourth-order valence-electron chi connectivity index (χ4n) is 2.47.